The van der Waals surface area contributed by atoms with Crippen LogP contribution in [0.4, 0.5) is 19.0 Å². The molecule has 1 heterocycles. The fourth-order valence-electron chi connectivity index (χ4n) is 2.40. The van der Waals surface area contributed by atoms with Gasteiger partial charge in [0.05, 0.1) is 11.1 Å². The van der Waals surface area contributed by atoms with Crippen molar-refractivity contribution in [3.63, 3.8) is 0 Å². The number of hydrogen-bond acceptors (Lipinski definition) is 3. The zero-order chi connectivity index (χ0) is 15.6. The van der Waals surface area contributed by atoms with Gasteiger partial charge in [0.25, 0.3) is 0 Å². The molecule has 1 aromatic heterocycles. The summed E-state index contributed by atoms with van der Waals surface area (Å²) in [7, 11) is 0. The van der Waals surface area contributed by atoms with Crippen molar-refractivity contribution in [1.29, 1.82) is 0 Å². The molecule has 0 aliphatic heterocycles. The third kappa shape index (κ3) is 3.04. The molecule has 0 amide bonds. The molecule has 0 saturated heterocycles. The molecule has 0 bridgehead atoms. The van der Waals surface area contributed by atoms with E-state index in [1.807, 2.05) is 13.8 Å². The van der Waals surface area contributed by atoms with E-state index in [1.54, 1.807) is 6.07 Å². The van der Waals surface area contributed by atoms with E-state index < -0.39 is 11.7 Å². The van der Waals surface area contributed by atoms with Crippen LogP contribution in [0.25, 0.3) is 11.1 Å². The number of alkyl halides is 3. The zero-order valence-electron chi connectivity index (χ0n) is 11.9. The van der Waals surface area contributed by atoms with Crippen LogP contribution in [-0.2, 0) is 6.18 Å². The van der Waals surface area contributed by atoms with Gasteiger partial charge in [0.15, 0.2) is 5.82 Å². The van der Waals surface area contributed by atoms with E-state index in [2.05, 4.69) is 5.16 Å². The highest BCUT2D eigenvalue weighted by Crippen LogP contribution is 2.39. The van der Waals surface area contributed by atoms with Crippen molar-refractivity contribution in [2.75, 3.05) is 5.73 Å². The highest BCUT2D eigenvalue weighted by Gasteiger charge is 2.31. The van der Waals surface area contributed by atoms with Crippen molar-refractivity contribution in [2.45, 2.75) is 38.8 Å². The number of anilines is 1. The highest BCUT2D eigenvalue weighted by molar-refractivity contribution is 5.76. The SMILES string of the molecule is CCC(CC)c1onc(N)c1-c1cccc(C(F)(F)F)c1. The van der Waals surface area contributed by atoms with E-state index in [9.17, 15) is 13.2 Å². The molecule has 21 heavy (non-hydrogen) atoms. The number of rotatable bonds is 4. The molecule has 6 heteroatoms. The molecule has 0 unspecified atom stereocenters. The van der Waals surface area contributed by atoms with Gasteiger partial charge in [-0.1, -0.05) is 31.1 Å². The van der Waals surface area contributed by atoms with Gasteiger partial charge >= 0.3 is 6.18 Å². The van der Waals surface area contributed by atoms with Crippen molar-refractivity contribution in [1.82, 2.24) is 5.16 Å². The molecule has 0 aliphatic rings. The van der Waals surface area contributed by atoms with Crippen molar-refractivity contribution >= 4 is 5.82 Å². The van der Waals surface area contributed by atoms with Gasteiger partial charge in [-0.3, -0.25) is 0 Å². The Kier molecular flexibility index (Phi) is 4.25. The number of nitrogen functional groups attached to an aromatic ring is 1. The summed E-state index contributed by atoms with van der Waals surface area (Å²) >= 11 is 0. The van der Waals surface area contributed by atoms with Gasteiger partial charge in [0.2, 0.25) is 0 Å². The minimum absolute atomic E-state index is 0.0827. The molecule has 1 aromatic carbocycles. The quantitative estimate of drug-likeness (QED) is 0.878. The van der Waals surface area contributed by atoms with Crippen LogP contribution < -0.4 is 5.73 Å². The summed E-state index contributed by atoms with van der Waals surface area (Å²) in [5.74, 6) is 0.757. The van der Waals surface area contributed by atoms with Crippen LogP contribution in [0.2, 0.25) is 0 Å². The van der Waals surface area contributed by atoms with Gasteiger partial charge in [-0.15, -0.1) is 0 Å². The topological polar surface area (TPSA) is 52.0 Å². The molecular formula is C15H17F3N2O. The average Bonchev–Trinajstić information content (AvgIpc) is 2.81. The predicted molar refractivity (Wildman–Crippen MR) is 74.7 cm³/mol. The van der Waals surface area contributed by atoms with E-state index in [0.29, 0.717) is 16.9 Å². The molecule has 2 rings (SSSR count). The monoisotopic (exact) mass is 298 g/mol. The van der Waals surface area contributed by atoms with Crippen molar-refractivity contribution in [3.8, 4) is 11.1 Å². The normalized spacial score (nSPS) is 12.1. The summed E-state index contributed by atoms with van der Waals surface area (Å²) < 4.78 is 43.8. The van der Waals surface area contributed by atoms with E-state index in [4.69, 9.17) is 10.3 Å². The van der Waals surface area contributed by atoms with Crippen LogP contribution in [0.3, 0.4) is 0 Å². The molecule has 3 nitrogen and oxygen atoms in total. The molecule has 2 N–H and O–H groups in total. The average molecular weight is 298 g/mol. The highest BCUT2D eigenvalue weighted by atomic mass is 19.4. The number of benzene rings is 1. The van der Waals surface area contributed by atoms with Crippen LogP contribution in [0.1, 0.15) is 43.9 Å². The summed E-state index contributed by atoms with van der Waals surface area (Å²) in [5.41, 5.74) is 5.93. The predicted octanol–water partition coefficient (Wildman–Crippen LogP) is 4.85. The first kappa shape index (κ1) is 15.4. The molecule has 114 valence electrons. The Morgan fingerprint density at radius 1 is 1.24 bits per heavy atom. The number of nitrogens with zero attached hydrogens (tertiary/aromatic N) is 1. The number of nitrogens with two attached hydrogens (primary N) is 1. The Morgan fingerprint density at radius 3 is 2.48 bits per heavy atom. The van der Waals surface area contributed by atoms with Crippen LogP contribution in [0, 0.1) is 0 Å². The lowest BCUT2D eigenvalue weighted by molar-refractivity contribution is -0.137. The lowest BCUT2D eigenvalue weighted by Crippen LogP contribution is -2.05. The molecule has 0 atom stereocenters. The Morgan fingerprint density at radius 2 is 1.90 bits per heavy atom. The standard InChI is InChI=1S/C15H17F3N2O/c1-3-9(4-2)13-12(14(19)20-21-13)10-6-5-7-11(8-10)15(16,17)18/h5-9H,3-4H2,1-2H3,(H2,19,20). The Bertz CT molecular complexity index is 616. The zero-order valence-corrected chi connectivity index (χ0v) is 11.9. The summed E-state index contributed by atoms with van der Waals surface area (Å²) in [6, 6.07) is 5.06. The summed E-state index contributed by atoms with van der Waals surface area (Å²) in [4.78, 5) is 0. The fourth-order valence-corrected chi connectivity index (χ4v) is 2.40. The Hall–Kier alpha value is -1.98. The van der Waals surface area contributed by atoms with Gasteiger partial charge in [0, 0.05) is 5.92 Å². The molecule has 0 aliphatic carbocycles. The van der Waals surface area contributed by atoms with Crippen LogP contribution in [0.5, 0.6) is 0 Å². The van der Waals surface area contributed by atoms with Crippen LogP contribution in [-0.4, -0.2) is 5.16 Å². The lowest BCUT2D eigenvalue weighted by atomic mass is 9.93. The fraction of sp³-hybridized carbons (Fsp3) is 0.400. The minimum Gasteiger partial charge on any atom is -0.380 e. The van der Waals surface area contributed by atoms with E-state index in [1.165, 1.54) is 6.07 Å². The molecular weight excluding hydrogens is 281 g/mol. The molecule has 0 saturated carbocycles. The second-order valence-electron chi connectivity index (χ2n) is 4.90. The number of hydrogen-bond donors (Lipinski definition) is 1. The summed E-state index contributed by atoms with van der Waals surface area (Å²) in [5, 5.41) is 3.72. The van der Waals surface area contributed by atoms with Gasteiger partial charge in [-0.2, -0.15) is 13.2 Å². The van der Waals surface area contributed by atoms with Crippen molar-refractivity contribution in [3.05, 3.63) is 35.6 Å². The van der Waals surface area contributed by atoms with Crippen molar-refractivity contribution < 1.29 is 17.7 Å². The first-order valence-electron chi connectivity index (χ1n) is 6.81. The summed E-state index contributed by atoms with van der Waals surface area (Å²) in [6.07, 6.45) is -2.79. The second-order valence-corrected chi connectivity index (χ2v) is 4.90. The third-order valence-corrected chi connectivity index (χ3v) is 3.58. The number of aromatic nitrogens is 1. The Balaban J connectivity index is 2.54. The summed E-state index contributed by atoms with van der Waals surface area (Å²) in [6.45, 7) is 3.98. The molecule has 0 spiro atoms. The van der Waals surface area contributed by atoms with Gasteiger partial charge in [-0.05, 0) is 30.5 Å². The molecule has 0 radical (unpaired) electrons. The maximum atomic E-state index is 12.8. The van der Waals surface area contributed by atoms with E-state index >= 15 is 0 Å². The third-order valence-electron chi connectivity index (χ3n) is 3.58. The van der Waals surface area contributed by atoms with E-state index in [-0.39, 0.29) is 11.7 Å². The lowest BCUT2D eigenvalue weighted by Gasteiger charge is -2.12. The first-order chi connectivity index (χ1) is 9.88. The smallest absolute Gasteiger partial charge is 0.380 e. The van der Waals surface area contributed by atoms with Crippen LogP contribution >= 0.6 is 0 Å². The number of halogens is 3. The maximum Gasteiger partial charge on any atom is 0.416 e. The largest absolute Gasteiger partial charge is 0.416 e. The van der Waals surface area contributed by atoms with E-state index in [0.717, 1.165) is 25.0 Å². The maximum absolute atomic E-state index is 12.8. The second kappa shape index (κ2) is 5.79. The minimum atomic E-state index is -4.39. The van der Waals surface area contributed by atoms with Crippen molar-refractivity contribution in [2.24, 2.45) is 0 Å². The van der Waals surface area contributed by atoms with Gasteiger partial charge in [0.1, 0.15) is 5.76 Å². The first-order valence-corrected chi connectivity index (χ1v) is 6.81. The van der Waals surface area contributed by atoms with Gasteiger partial charge in [-0.25, -0.2) is 0 Å². The van der Waals surface area contributed by atoms with Crippen LogP contribution in [0.15, 0.2) is 28.8 Å². The molecule has 0 fully saturated rings. The van der Waals surface area contributed by atoms with Gasteiger partial charge < -0.3 is 10.3 Å². The Labute approximate surface area is 120 Å². The molecule has 2 aromatic rings.